The molecule has 31 heavy (non-hydrogen) atoms. The molecule has 1 unspecified atom stereocenters. The molecule has 2 atom stereocenters. The second-order valence-corrected chi connectivity index (χ2v) is 7.90. The highest BCUT2D eigenvalue weighted by atomic mass is 16.2. The molecule has 8 nitrogen and oxygen atoms in total. The molecular weight excluding hydrogens is 392 g/mol. The highest BCUT2D eigenvalue weighted by Gasteiger charge is 2.48. The van der Waals surface area contributed by atoms with Crippen molar-refractivity contribution in [2.24, 2.45) is 21.8 Å². The average Bonchev–Trinajstić information content (AvgIpc) is 3.16. The lowest BCUT2D eigenvalue weighted by atomic mass is 10.1. The number of amides is 2. The number of benzene rings is 2. The Bertz CT molecular complexity index is 973. The van der Waals surface area contributed by atoms with Crippen LogP contribution in [0.4, 0.5) is 11.4 Å². The molecule has 0 saturated heterocycles. The SMILES string of the molecule is O=C(Nc1ccc(C2=NCCN2)cc1)C1C[C@H]1C(=O)Nc1ccc(C2=NCCN2)cc1. The minimum atomic E-state index is -0.295. The molecule has 2 amide bonds. The molecule has 8 heteroatoms. The van der Waals surface area contributed by atoms with Crippen LogP contribution < -0.4 is 21.3 Å². The van der Waals surface area contributed by atoms with Crippen molar-refractivity contribution in [3.05, 3.63) is 59.7 Å². The number of anilines is 2. The zero-order valence-electron chi connectivity index (χ0n) is 17.0. The number of hydrogen-bond acceptors (Lipinski definition) is 6. The molecule has 5 rings (SSSR count). The van der Waals surface area contributed by atoms with Crippen LogP contribution in [0.1, 0.15) is 17.5 Å². The number of carbonyl (C=O) groups excluding carboxylic acids is 2. The van der Waals surface area contributed by atoms with Gasteiger partial charge in [-0.1, -0.05) is 0 Å². The number of hydrogen-bond donors (Lipinski definition) is 4. The monoisotopic (exact) mass is 416 g/mol. The van der Waals surface area contributed by atoms with Crippen molar-refractivity contribution in [2.75, 3.05) is 36.8 Å². The van der Waals surface area contributed by atoms with E-state index in [0.717, 1.165) is 60.4 Å². The number of nitrogens with one attached hydrogen (secondary N) is 4. The Morgan fingerprint density at radius 1 is 0.710 bits per heavy atom. The molecule has 2 heterocycles. The van der Waals surface area contributed by atoms with Gasteiger partial charge in [0.15, 0.2) is 0 Å². The van der Waals surface area contributed by atoms with Crippen LogP contribution in [0, 0.1) is 11.8 Å². The minimum Gasteiger partial charge on any atom is -0.368 e. The van der Waals surface area contributed by atoms with E-state index in [1.54, 1.807) is 0 Å². The van der Waals surface area contributed by atoms with E-state index in [0.29, 0.717) is 6.42 Å². The molecule has 0 aromatic heterocycles. The maximum atomic E-state index is 12.5. The van der Waals surface area contributed by atoms with Crippen molar-refractivity contribution in [2.45, 2.75) is 6.42 Å². The lowest BCUT2D eigenvalue weighted by Crippen LogP contribution is -2.21. The molecular formula is C23H24N6O2. The average molecular weight is 416 g/mol. The first kappa shape index (κ1) is 19.3. The third-order valence-corrected chi connectivity index (χ3v) is 5.66. The fourth-order valence-corrected chi connectivity index (χ4v) is 3.85. The summed E-state index contributed by atoms with van der Waals surface area (Å²) in [6.45, 7) is 3.29. The second-order valence-electron chi connectivity index (χ2n) is 7.90. The fraction of sp³-hybridized carbons (Fsp3) is 0.304. The second kappa shape index (κ2) is 8.22. The van der Waals surface area contributed by atoms with Gasteiger partial charge in [0.25, 0.3) is 0 Å². The molecule has 2 aromatic rings. The molecule has 1 fully saturated rings. The van der Waals surface area contributed by atoms with E-state index >= 15 is 0 Å². The van der Waals surface area contributed by atoms with Crippen molar-refractivity contribution in [1.82, 2.24) is 10.6 Å². The van der Waals surface area contributed by atoms with Crippen molar-refractivity contribution < 1.29 is 9.59 Å². The Morgan fingerprint density at radius 2 is 1.13 bits per heavy atom. The summed E-state index contributed by atoms with van der Waals surface area (Å²) in [5, 5.41) is 12.3. The van der Waals surface area contributed by atoms with Crippen LogP contribution in [-0.2, 0) is 9.59 Å². The van der Waals surface area contributed by atoms with Crippen molar-refractivity contribution in [3.8, 4) is 0 Å². The standard InChI is InChI=1S/C23H24N6O2/c30-22(28-16-5-1-14(2-6-16)20-24-9-10-25-20)18-13-19(18)23(31)29-17-7-3-15(4-8-17)21-26-11-12-27-21/h1-8,18-19H,9-13H2,(H,24,25)(H,26,27)(H,28,30)(H,29,31)/t18-,19?/m1/s1. The van der Waals surface area contributed by atoms with Crippen LogP contribution in [0.5, 0.6) is 0 Å². The van der Waals surface area contributed by atoms with E-state index in [1.165, 1.54) is 0 Å². The summed E-state index contributed by atoms with van der Waals surface area (Å²) < 4.78 is 0. The molecule has 4 N–H and O–H groups in total. The number of nitrogens with zero attached hydrogens (tertiary/aromatic N) is 2. The quantitative estimate of drug-likeness (QED) is 0.574. The van der Waals surface area contributed by atoms with Crippen LogP contribution in [0.15, 0.2) is 58.5 Å². The molecule has 2 aromatic carbocycles. The Balaban J connectivity index is 1.13. The highest BCUT2D eigenvalue weighted by molar-refractivity contribution is 6.04. The number of carbonyl (C=O) groups is 2. The Labute approximate surface area is 180 Å². The molecule has 1 saturated carbocycles. The third kappa shape index (κ3) is 4.28. The fourth-order valence-electron chi connectivity index (χ4n) is 3.85. The van der Waals surface area contributed by atoms with E-state index < -0.39 is 0 Å². The highest BCUT2D eigenvalue weighted by Crippen LogP contribution is 2.40. The van der Waals surface area contributed by atoms with Crippen LogP contribution in [0.25, 0.3) is 0 Å². The Hall–Kier alpha value is -3.68. The summed E-state index contributed by atoms with van der Waals surface area (Å²) in [5.74, 6) is 0.943. The van der Waals surface area contributed by atoms with Gasteiger partial charge < -0.3 is 21.3 Å². The lowest BCUT2D eigenvalue weighted by Gasteiger charge is -2.08. The third-order valence-electron chi connectivity index (χ3n) is 5.66. The van der Waals surface area contributed by atoms with Crippen LogP contribution in [-0.4, -0.2) is 49.7 Å². The summed E-state index contributed by atoms with van der Waals surface area (Å²) in [4.78, 5) is 33.8. The van der Waals surface area contributed by atoms with Gasteiger partial charge in [0.1, 0.15) is 11.7 Å². The summed E-state index contributed by atoms with van der Waals surface area (Å²) in [5.41, 5.74) is 3.44. The van der Waals surface area contributed by atoms with Gasteiger partial charge in [-0.05, 0) is 55.0 Å². The van der Waals surface area contributed by atoms with Gasteiger partial charge in [0.2, 0.25) is 11.8 Å². The van der Waals surface area contributed by atoms with Gasteiger partial charge >= 0.3 is 0 Å². The summed E-state index contributed by atoms with van der Waals surface area (Å²) in [6, 6.07) is 15.2. The topological polar surface area (TPSA) is 107 Å². The van der Waals surface area contributed by atoms with Crippen molar-refractivity contribution >= 4 is 34.9 Å². The zero-order chi connectivity index (χ0) is 21.2. The first-order valence-electron chi connectivity index (χ1n) is 10.6. The van der Waals surface area contributed by atoms with Gasteiger partial charge in [-0.15, -0.1) is 0 Å². The molecule has 1 aliphatic carbocycles. The van der Waals surface area contributed by atoms with E-state index in [9.17, 15) is 9.59 Å². The molecule has 3 aliphatic rings. The maximum absolute atomic E-state index is 12.5. The van der Waals surface area contributed by atoms with Gasteiger partial charge in [-0.25, -0.2) is 0 Å². The number of aliphatic imine (C=N–C) groups is 2. The predicted octanol–water partition coefficient (Wildman–Crippen LogP) is 1.60. The van der Waals surface area contributed by atoms with E-state index in [2.05, 4.69) is 31.3 Å². The van der Waals surface area contributed by atoms with Gasteiger partial charge in [0, 0.05) is 35.6 Å². The van der Waals surface area contributed by atoms with Crippen LogP contribution in [0.2, 0.25) is 0 Å². The Kier molecular flexibility index (Phi) is 5.11. The molecule has 0 spiro atoms. The normalized spacial score (nSPS) is 21.4. The maximum Gasteiger partial charge on any atom is 0.228 e. The van der Waals surface area contributed by atoms with Gasteiger partial charge in [-0.2, -0.15) is 0 Å². The van der Waals surface area contributed by atoms with Crippen LogP contribution in [0.3, 0.4) is 0 Å². The summed E-state index contributed by atoms with van der Waals surface area (Å²) in [7, 11) is 0. The largest absolute Gasteiger partial charge is 0.368 e. The molecule has 158 valence electrons. The minimum absolute atomic E-state index is 0.120. The van der Waals surface area contributed by atoms with E-state index in [1.807, 2.05) is 48.5 Å². The van der Waals surface area contributed by atoms with Crippen molar-refractivity contribution in [1.29, 1.82) is 0 Å². The summed E-state index contributed by atoms with van der Waals surface area (Å²) >= 11 is 0. The summed E-state index contributed by atoms with van der Waals surface area (Å²) in [6.07, 6.45) is 0.565. The smallest absolute Gasteiger partial charge is 0.228 e. The first-order valence-corrected chi connectivity index (χ1v) is 10.6. The Morgan fingerprint density at radius 3 is 1.48 bits per heavy atom. The number of amidine groups is 2. The zero-order valence-corrected chi connectivity index (χ0v) is 17.0. The molecule has 2 aliphatic heterocycles. The predicted molar refractivity (Wildman–Crippen MR) is 121 cm³/mol. The van der Waals surface area contributed by atoms with E-state index in [-0.39, 0.29) is 23.7 Å². The van der Waals surface area contributed by atoms with Crippen molar-refractivity contribution in [3.63, 3.8) is 0 Å². The molecule has 0 bridgehead atoms. The lowest BCUT2D eigenvalue weighted by molar-refractivity contribution is -0.122. The van der Waals surface area contributed by atoms with E-state index in [4.69, 9.17) is 0 Å². The number of rotatable bonds is 6. The van der Waals surface area contributed by atoms with Gasteiger partial charge in [0.05, 0.1) is 24.9 Å². The molecule has 0 radical (unpaired) electrons. The first-order chi connectivity index (χ1) is 15.2. The van der Waals surface area contributed by atoms with Gasteiger partial charge in [-0.3, -0.25) is 19.6 Å². The van der Waals surface area contributed by atoms with Crippen LogP contribution >= 0.6 is 0 Å².